The first-order valence-corrected chi connectivity index (χ1v) is 7.18. The third-order valence-corrected chi connectivity index (χ3v) is 3.86. The summed E-state index contributed by atoms with van der Waals surface area (Å²) in [5.41, 5.74) is -1.57. The summed E-state index contributed by atoms with van der Waals surface area (Å²) in [5.74, 6) is -1.04. The van der Waals surface area contributed by atoms with E-state index in [0.717, 1.165) is 0 Å². The molecule has 0 heterocycles. The van der Waals surface area contributed by atoms with E-state index in [0.29, 0.717) is 12.8 Å². The third kappa shape index (κ3) is 6.35. The van der Waals surface area contributed by atoms with Crippen LogP contribution in [0, 0.1) is 0 Å². The van der Waals surface area contributed by atoms with Gasteiger partial charge in [-0.2, -0.15) is 0 Å². The monoisotopic (exact) mass is 300 g/mol. The summed E-state index contributed by atoms with van der Waals surface area (Å²) in [7, 11) is 1.70. The zero-order chi connectivity index (χ0) is 16.8. The van der Waals surface area contributed by atoms with E-state index >= 15 is 0 Å². The molecule has 0 amide bonds. The topological polar surface area (TPSA) is 95.5 Å². The van der Waals surface area contributed by atoms with Crippen LogP contribution in [0.25, 0.3) is 0 Å². The molecule has 0 fully saturated rings. The number of hydrogen-bond donors (Lipinski definition) is 3. The molecule has 0 aromatic carbocycles. The van der Waals surface area contributed by atoms with Gasteiger partial charge in [0.25, 0.3) is 0 Å². The summed E-state index contributed by atoms with van der Waals surface area (Å²) in [4.78, 5) is 34.9. The van der Waals surface area contributed by atoms with E-state index in [2.05, 4.69) is 10.6 Å². The van der Waals surface area contributed by atoms with Gasteiger partial charge in [0.05, 0.1) is 17.1 Å². The van der Waals surface area contributed by atoms with Gasteiger partial charge in [-0.15, -0.1) is 0 Å². The van der Waals surface area contributed by atoms with Crippen LogP contribution < -0.4 is 10.6 Å². The molecule has 1 unspecified atom stereocenters. The number of carboxylic acids is 1. The minimum Gasteiger partial charge on any atom is -0.481 e. The first-order chi connectivity index (χ1) is 9.44. The van der Waals surface area contributed by atoms with Gasteiger partial charge in [0, 0.05) is 6.42 Å². The molecule has 0 saturated heterocycles. The summed E-state index contributed by atoms with van der Waals surface area (Å²) in [6.07, 6.45) is 0.769. The molecular weight excluding hydrogens is 272 g/mol. The van der Waals surface area contributed by atoms with E-state index in [1.54, 1.807) is 34.7 Å². The summed E-state index contributed by atoms with van der Waals surface area (Å²) in [6.45, 7) is 8.44. The Bertz CT molecular complexity index is 402. The minimum atomic E-state index is -0.889. The van der Waals surface area contributed by atoms with Crippen LogP contribution in [-0.4, -0.2) is 46.8 Å². The van der Waals surface area contributed by atoms with Gasteiger partial charge in [-0.3, -0.25) is 19.7 Å². The second-order valence-electron chi connectivity index (χ2n) is 6.40. The third-order valence-electron chi connectivity index (χ3n) is 3.86. The van der Waals surface area contributed by atoms with Crippen molar-refractivity contribution in [2.45, 2.75) is 71.0 Å². The molecule has 21 heavy (non-hydrogen) atoms. The Kier molecular flexibility index (Phi) is 7.19. The van der Waals surface area contributed by atoms with Crippen LogP contribution in [0.5, 0.6) is 0 Å². The standard InChI is InChI=1S/C15H28N2O4/c1-10(18)14(2,3)17-11(8-7-9-12(19)20)13(21)15(4,5)16-6/h11,16-17H,7-9H2,1-6H3,(H,19,20). The Morgan fingerprint density at radius 3 is 2.00 bits per heavy atom. The van der Waals surface area contributed by atoms with Crippen molar-refractivity contribution in [2.24, 2.45) is 0 Å². The Balaban J connectivity index is 5.05. The molecule has 0 aromatic heterocycles. The number of likely N-dealkylation sites (N-methyl/N-ethyl adjacent to an activating group) is 1. The van der Waals surface area contributed by atoms with Gasteiger partial charge < -0.3 is 10.4 Å². The molecule has 0 bridgehead atoms. The number of nitrogens with one attached hydrogen (secondary N) is 2. The molecule has 0 aliphatic rings. The summed E-state index contributed by atoms with van der Waals surface area (Å²) in [6, 6.07) is -0.564. The van der Waals surface area contributed by atoms with Crippen molar-refractivity contribution in [2.75, 3.05) is 7.05 Å². The van der Waals surface area contributed by atoms with Crippen molar-refractivity contribution in [1.82, 2.24) is 10.6 Å². The molecule has 1 atom stereocenters. The molecule has 6 nitrogen and oxygen atoms in total. The number of ketones is 2. The summed E-state index contributed by atoms with van der Waals surface area (Å²) in [5, 5.41) is 14.7. The van der Waals surface area contributed by atoms with Crippen molar-refractivity contribution >= 4 is 17.5 Å². The Labute approximate surface area is 126 Å². The fourth-order valence-electron chi connectivity index (χ4n) is 1.82. The SMILES string of the molecule is CNC(C)(C)C(=O)C(CCCC(=O)O)NC(C)(C)C(C)=O. The highest BCUT2D eigenvalue weighted by Crippen LogP contribution is 2.15. The van der Waals surface area contributed by atoms with E-state index < -0.39 is 23.1 Å². The fraction of sp³-hybridized carbons (Fsp3) is 0.800. The van der Waals surface area contributed by atoms with Crippen LogP contribution in [0.15, 0.2) is 0 Å². The quantitative estimate of drug-likeness (QED) is 0.560. The Morgan fingerprint density at radius 1 is 1.10 bits per heavy atom. The van der Waals surface area contributed by atoms with E-state index in [-0.39, 0.29) is 18.0 Å². The second kappa shape index (κ2) is 7.66. The van der Waals surface area contributed by atoms with Gasteiger partial charge in [-0.05, 0) is 54.5 Å². The predicted octanol–water partition coefficient (Wildman–Crippen LogP) is 1.13. The molecule has 6 heteroatoms. The smallest absolute Gasteiger partial charge is 0.303 e. The zero-order valence-corrected chi connectivity index (χ0v) is 13.9. The number of rotatable bonds is 10. The lowest BCUT2D eigenvalue weighted by Gasteiger charge is -2.34. The van der Waals surface area contributed by atoms with Crippen LogP contribution in [0.2, 0.25) is 0 Å². The zero-order valence-electron chi connectivity index (χ0n) is 13.9. The molecular formula is C15H28N2O4. The van der Waals surface area contributed by atoms with Gasteiger partial charge in [0.15, 0.2) is 5.78 Å². The molecule has 0 aliphatic carbocycles. The van der Waals surface area contributed by atoms with Crippen LogP contribution in [0.1, 0.15) is 53.9 Å². The number of carbonyl (C=O) groups is 3. The molecule has 0 rings (SSSR count). The number of carboxylic acid groups (broad SMARTS) is 1. The number of Topliss-reactive ketones (excluding diaryl/α,β-unsaturated/α-hetero) is 2. The van der Waals surface area contributed by atoms with E-state index in [1.807, 2.05) is 0 Å². The van der Waals surface area contributed by atoms with Crippen molar-refractivity contribution in [1.29, 1.82) is 0 Å². The van der Waals surface area contributed by atoms with Gasteiger partial charge in [-0.25, -0.2) is 0 Å². The van der Waals surface area contributed by atoms with Gasteiger partial charge >= 0.3 is 5.97 Å². The van der Waals surface area contributed by atoms with Crippen molar-refractivity contribution < 1.29 is 19.5 Å². The lowest BCUT2D eigenvalue weighted by Crippen LogP contribution is -2.59. The normalized spacial score (nSPS) is 13.8. The molecule has 0 saturated carbocycles. The van der Waals surface area contributed by atoms with Gasteiger partial charge in [0.2, 0.25) is 0 Å². The van der Waals surface area contributed by atoms with Crippen LogP contribution in [0.3, 0.4) is 0 Å². The summed E-state index contributed by atoms with van der Waals surface area (Å²) < 4.78 is 0. The van der Waals surface area contributed by atoms with Crippen LogP contribution in [0.4, 0.5) is 0 Å². The van der Waals surface area contributed by atoms with E-state index in [1.165, 1.54) is 6.92 Å². The first-order valence-electron chi connectivity index (χ1n) is 7.18. The molecule has 0 spiro atoms. The van der Waals surface area contributed by atoms with Crippen molar-refractivity contribution in [3.05, 3.63) is 0 Å². The number of carbonyl (C=O) groups excluding carboxylic acids is 2. The maximum atomic E-state index is 12.6. The van der Waals surface area contributed by atoms with E-state index in [4.69, 9.17) is 5.11 Å². The average Bonchev–Trinajstić information content (AvgIpc) is 2.35. The Hall–Kier alpha value is -1.27. The lowest BCUT2D eigenvalue weighted by atomic mass is 9.88. The summed E-state index contributed by atoms with van der Waals surface area (Å²) >= 11 is 0. The predicted molar refractivity (Wildman–Crippen MR) is 81.3 cm³/mol. The largest absolute Gasteiger partial charge is 0.481 e. The highest BCUT2D eigenvalue weighted by molar-refractivity contribution is 5.93. The minimum absolute atomic E-state index is 0.00589. The molecule has 3 N–H and O–H groups in total. The first kappa shape index (κ1) is 19.7. The van der Waals surface area contributed by atoms with Gasteiger partial charge in [-0.1, -0.05) is 0 Å². The highest BCUT2D eigenvalue weighted by atomic mass is 16.4. The molecule has 122 valence electrons. The van der Waals surface area contributed by atoms with Crippen LogP contribution >= 0.6 is 0 Å². The average molecular weight is 300 g/mol. The molecule has 0 aromatic rings. The number of hydrogen-bond acceptors (Lipinski definition) is 5. The fourth-order valence-corrected chi connectivity index (χ4v) is 1.82. The number of aliphatic carboxylic acids is 1. The highest BCUT2D eigenvalue weighted by Gasteiger charge is 2.36. The molecule has 0 radical (unpaired) electrons. The lowest BCUT2D eigenvalue weighted by molar-refractivity contribution is -0.137. The van der Waals surface area contributed by atoms with Crippen LogP contribution in [-0.2, 0) is 14.4 Å². The van der Waals surface area contributed by atoms with Crippen molar-refractivity contribution in [3.63, 3.8) is 0 Å². The van der Waals surface area contributed by atoms with E-state index in [9.17, 15) is 14.4 Å². The van der Waals surface area contributed by atoms with Gasteiger partial charge in [0.1, 0.15) is 5.78 Å². The molecule has 0 aliphatic heterocycles. The maximum absolute atomic E-state index is 12.6. The Morgan fingerprint density at radius 2 is 1.62 bits per heavy atom. The second-order valence-corrected chi connectivity index (χ2v) is 6.40. The maximum Gasteiger partial charge on any atom is 0.303 e. The van der Waals surface area contributed by atoms with Crippen molar-refractivity contribution in [3.8, 4) is 0 Å².